The summed E-state index contributed by atoms with van der Waals surface area (Å²) < 4.78 is 11.3. The topological polar surface area (TPSA) is 76.1 Å². The Kier molecular flexibility index (Phi) is 4.46. The zero-order valence-corrected chi connectivity index (χ0v) is 13.1. The van der Waals surface area contributed by atoms with Gasteiger partial charge in [0.25, 0.3) is 0 Å². The number of carboxylic acid groups (broad SMARTS) is 1. The Bertz CT molecular complexity index is 407. The Morgan fingerprint density at radius 1 is 1.29 bits per heavy atom. The molecule has 2 heterocycles. The number of piperidine rings is 1. The molecule has 120 valence electrons. The molecule has 21 heavy (non-hydrogen) atoms. The standard InChI is InChI=1S/C15H25NO5/c1-14(2,3)21-13(19)16-8-6-15(7-9-16)5-4-11(20-15)10-12(17)18/h11H,4-10H2,1-3H3,(H,17,18). The predicted octanol–water partition coefficient (Wildman–Crippen LogP) is 2.41. The first-order valence-electron chi connectivity index (χ1n) is 7.57. The lowest BCUT2D eigenvalue weighted by molar-refractivity contribution is -0.142. The summed E-state index contributed by atoms with van der Waals surface area (Å²) in [5.41, 5.74) is -0.721. The average molecular weight is 299 g/mol. The van der Waals surface area contributed by atoms with Gasteiger partial charge in [-0.1, -0.05) is 0 Å². The minimum absolute atomic E-state index is 0.0670. The number of hydrogen-bond donors (Lipinski definition) is 1. The number of aliphatic carboxylic acids is 1. The van der Waals surface area contributed by atoms with Crippen molar-refractivity contribution in [2.75, 3.05) is 13.1 Å². The normalized spacial score (nSPS) is 25.1. The molecule has 2 fully saturated rings. The van der Waals surface area contributed by atoms with E-state index in [0.29, 0.717) is 13.1 Å². The zero-order chi connectivity index (χ0) is 15.7. The monoisotopic (exact) mass is 299 g/mol. The van der Waals surface area contributed by atoms with Crippen molar-refractivity contribution in [3.8, 4) is 0 Å². The van der Waals surface area contributed by atoms with Gasteiger partial charge in [-0.3, -0.25) is 4.79 Å². The number of ether oxygens (including phenoxy) is 2. The van der Waals surface area contributed by atoms with Gasteiger partial charge in [0.1, 0.15) is 5.60 Å². The fraction of sp³-hybridized carbons (Fsp3) is 0.867. The van der Waals surface area contributed by atoms with E-state index in [1.54, 1.807) is 4.90 Å². The molecule has 0 aliphatic carbocycles. The van der Waals surface area contributed by atoms with Gasteiger partial charge >= 0.3 is 12.1 Å². The van der Waals surface area contributed by atoms with E-state index in [4.69, 9.17) is 14.6 Å². The second kappa shape index (κ2) is 5.83. The number of carboxylic acids is 1. The average Bonchev–Trinajstić information content (AvgIpc) is 2.70. The molecule has 2 rings (SSSR count). The van der Waals surface area contributed by atoms with E-state index < -0.39 is 11.6 Å². The van der Waals surface area contributed by atoms with Gasteiger partial charge in [-0.15, -0.1) is 0 Å². The minimum atomic E-state index is -0.816. The molecule has 1 atom stereocenters. The van der Waals surface area contributed by atoms with Crippen LogP contribution in [0.5, 0.6) is 0 Å². The molecule has 6 heteroatoms. The fourth-order valence-corrected chi connectivity index (χ4v) is 3.03. The SMILES string of the molecule is CC(C)(C)OC(=O)N1CCC2(CCC(CC(=O)O)O2)CC1. The molecule has 0 aromatic carbocycles. The van der Waals surface area contributed by atoms with Crippen molar-refractivity contribution in [2.24, 2.45) is 0 Å². The van der Waals surface area contributed by atoms with Crippen LogP contribution in [0.2, 0.25) is 0 Å². The van der Waals surface area contributed by atoms with Gasteiger partial charge in [-0.2, -0.15) is 0 Å². The van der Waals surface area contributed by atoms with E-state index in [0.717, 1.165) is 25.7 Å². The van der Waals surface area contributed by atoms with Crippen molar-refractivity contribution < 1.29 is 24.2 Å². The third kappa shape index (κ3) is 4.33. The number of nitrogens with zero attached hydrogens (tertiary/aromatic N) is 1. The van der Waals surface area contributed by atoms with Crippen LogP contribution in [0.25, 0.3) is 0 Å². The van der Waals surface area contributed by atoms with Gasteiger partial charge in [0, 0.05) is 13.1 Å². The van der Waals surface area contributed by atoms with E-state index in [9.17, 15) is 9.59 Å². The molecule has 1 amide bonds. The Morgan fingerprint density at radius 2 is 1.90 bits per heavy atom. The van der Waals surface area contributed by atoms with Crippen LogP contribution in [0.3, 0.4) is 0 Å². The lowest BCUT2D eigenvalue weighted by atomic mass is 9.88. The quantitative estimate of drug-likeness (QED) is 0.847. The third-order valence-electron chi connectivity index (χ3n) is 4.07. The molecule has 0 saturated carbocycles. The van der Waals surface area contributed by atoms with Gasteiger partial charge in [0.05, 0.1) is 18.1 Å². The van der Waals surface area contributed by atoms with Crippen LogP contribution in [0, 0.1) is 0 Å². The summed E-state index contributed by atoms with van der Waals surface area (Å²) in [7, 11) is 0. The van der Waals surface area contributed by atoms with Crippen molar-refractivity contribution in [2.45, 2.75) is 70.2 Å². The summed E-state index contributed by atoms with van der Waals surface area (Å²) in [6.07, 6.45) is 2.78. The predicted molar refractivity (Wildman–Crippen MR) is 76.1 cm³/mol. The van der Waals surface area contributed by atoms with Crippen LogP contribution in [-0.2, 0) is 14.3 Å². The fourth-order valence-electron chi connectivity index (χ4n) is 3.03. The molecule has 1 unspecified atom stereocenters. The minimum Gasteiger partial charge on any atom is -0.481 e. The third-order valence-corrected chi connectivity index (χ3v) is 4.07. The number of likely N-dealkylation sites (tertiary alicyclic amines) is 1. The maximum absolute atomic E-state index is 12.0. The highest BCUT2D eigenvalue weighted by Gasteiger charge is 2.44. The molecule has 2 aliphatic rings. The zero-order valence-electron chi connectivity index (χ0n) is 13.1. The first-order valence-corrected chi connectivity index (χ1v) is 7.57. The summed E-state index contributed by atoms with van der Waals surface area (Å²) in [6.45, 7) is 6.77. The highest BCUT2D eigenvalue weighted by atomic mass is 16.6. The van der Waals surface area contributed by atoms with Crippen LogP contribution in [0.1, 0.15) is 52.9 Å². The highest BCUT2D eigenvalue weighted by Crippen LogP contribution is 2.40. The summed E-state index contributed by atoms with van der Waals surface area (Å²) in [5.74, 6) is -0.816. The second-order valence-corrected chi connectivity index (χ2v) is 7.03. The van der Waals surface area contributed by atoms with Crippen molar-refractivity contribution in [3.05, 3.63) is 0 Å². The number of rotatable bonds is 2. The molecule has 2 saturated heterocycles. The van der Waals surface area contributed by atoms with Crippen molar-refractivity contribution in [1.82, 2.24) is 4.90 Å². The molecule has 0 aromatic rings. The number of hydrogen-bond acceptors (Lipinski definition) is 4. The highest BCUT2D eigenvalue weighted by molar-refractivity contribution is 5.68. The summed E-state index contributed by atoms with van der Waals surface area (Å²) in [4.78, 5) is 24.5. The molecule has 0 bridgehead atoms. The van der Waals surface area contributed by atoms with Gasteiger partial charge in [-0.25, -0.2) is 4.79 Å². The number of carbonyl (C=O) groups excluding carboxylic acids is 1. The molecule has 2 aliphatic heterocycles. The summed E-state index contributed by atoms with van der Waals surface area (Å²) in [5, 5.41) is 8.83. The summed E-state index contributed by atoms with van der Waals surface area (Å²) in [6, 6.07) is 0. The van der Waals surface area contributed by atoms with Crippen LogP contribution in [0.15, 0.2) is 0 Å². The Balaban J connectivity index is 1.83. The molecule has 1 spiro atoms. The van der Waals surface area contributed by atoms with Gasteiger partial charge in [-0.05, 0) is 46.5 Å². The number of carbonyl (C=O) groups is 2. The molecular weight excluding hydrogens is 274 g/mol. The van der Waals surface area contributed by atoms with Crippen LogP contribution >= 0.6 is 0 Å². The number of amides is 1. The lowest BCUT2D eigenvalue weighted by Gasteiger charge is -2.39. The van der Waals surface area contributed by atoms with Gasteiger partial charge < -0.3 is 19.5 Å². The largest absolute Gasteiger partial charge is 0.481 e. The maximum Gasteiger partial charge on any atom is 0.410 e. The molecule has 0 radical (unpaired) electrons. The van der Waals surface area contributed by atoms with E-state index >= 15 is 0 Å². The first kappa shape index (κ1) is 16.1. The van der Waals surface area contributed by atoms with E-state index in [1.165, 1.54) is 0 Å². The van der Waals surface area contributed by atoms with Crippen molar-refractivity contribution in [1.29, 1.82) is 0 Å². The second-order valence-electron chi connectivity index (χ2n) is 7.03. The van der Waals surface area contributed by atoms with Crippen LogP contribution in [-0.4, -0.2) is 52.5 Å². The van der Waals surface area contributed by atoms with E-state index in [-0.39, 0.29) is 24.2 Å². The van der Waals surface area contributed by atoms with E-state index in [2.05, 4.69) is 0 Å². The molecular formula is C15H25NO5. The molecule has 0 aromatic heterocycles. The smallest absolute Gasteiger partial charge is 0.410 e. The van der Waals surface area contributed by atoms with Crippen molar-refractivity contribution >= 4 is 12.1 Å². The van der Waals surface area contributed by atoms with Crippen LogP contribution in [0.4, 0.5) is 4.79 Å². The Hall–Kier alpha value is -1.30. The van der Waals surface area contributed by atoms with Crippen LogP contribution < -0.4 is 0 Å². The van der Waals surface area contributed by atoms with Crippen molar-refractivity contribution in [3.63, 3.8) is 0 Å². The van der Waals surface area contributed by atoms with E-state index in [1.807, 2.05) is 20.8 Å². The summed E-state index contributed by atoms with van der Waals surface area (Å²) >= 11 is 0. The lowest BCUT2D eigenvalue weighted by Crippen LogP contribution is -2.48. The Labute approximate surface area is 125 Å². The maximum atomic E-state index is 12.0. The molecule has 6 nitrogen and oxygen atoms in total. The molecule has 1 N–H and O–H groups in total. The van der Waals surface area contributed by atoms with Gasteiger partial charge in [0.2, 0.25) is 0 Å². The van der Waals surface area contributed by atoms with Gasteiger partial charge in [0.15, 0.2) is 0 Å². The first-order chi connectivity index (χ1) is 9.69. The Morgan fingerprint density at radius 3 is 2.43 bits per heavy atom.